The Morgan fingerprint density at radius 1 is 0.604 bits per heavy atom. The predicted molar refractivity (Wildman–Crippen MR) is 226 cm³/mol. The summed E-state index contributed by atoms with van der Waals surface area (Å²) in [4.78, 5) is 5.14. The number of hydrogen-bond acceptors (Lipinski definition) is 3. The van der Waals surface area contributed by atoms with Gasteiger partial charge >= 0.3 is 0 Å². The summed E-state index contributed by atoms with van der Waals surface area (Å²) in [7, 11) is -0.594. The maximum Gasteiger partial charge on any atom is 0.127 e. The number of hydrogen-bond donors (Lipinski definition) is 2. The van der Waals surface area contributed by atoms with Gasteiger partial charge in [0.05, 0.1) is 26.7 Å². The predicted octanol–water partition coefficient (Wildman–Crippen LogP) is 8.57. The van der Waals surface area contributed by atoms with Crippen LogP contribution in [0.2, 0.25) is 0 Å². The van der Waals surface area contributed by atoms with Crippen molar-refractivity contribution >= 4 is 47.9 Å². The minimum absolute atomic E-state index is 0.0820. The molecule has 0 spiro atoms. The van der Waals surface area contributed by atoms with Gasteiger partial charge < -0.3 is 10.3 Å². The molecule has 0 saturated carbocycles. The number of para-hydroxylation sites is 1. The van der Waals surface area contributed by atoms with Gasteiger partial charge in [-0.2, -0.15) is 0 Å². The molecule has 5 heteroatoms. The second-order valence-corrected chi connectivity index (χ2v) is 16.7. The fraction of sp³-hybridized carbons (Fsp3) is 0.104. The molecule has 0 radical (unpaired) electrons. The number of aromatic nitrogens is 1. The minimum atomic E-state index is -0.594. The topological polar surface area (TPSA) is 55.3 Å². The largest absolute Gasteiger partial charge is 0.312 e. The summed E-state index contributed by atoms with van der Waals surface area (Å²) in [6, 6.07) is 61.0. The molecular formula is C48H42N4Si. The van der Waals surface area contributed by atoms with Gasteiger partial charge in [-0.05, 0) is 69.3 Å². The first-order valence-electron chi connectivity index (χ1n) is 18.4. The van der Waals surface area contributed by atoms with Crippen molar-refractivity contribution in [1.29, 1.82) is 0 Å². The van der Waals surface area contributed by atoms with Gasteiger partial charge in [-0.25, -0.2) is 0 Å². The van der Waals surface area contributed by atoms with E-state index in [1.807, 2.05) is 12.3 Å². The van der Waals surface area contributed by atoms with Gasteiger partial charge in [0.1, 0.15) is 6.17 Å². The molecule has 1 heterocycles. The lowest BCUT2D eigenvalue weighted by atomic mass is 9.82. The van der Waals surface area contributed by atoms with Crippen LogP contribution >= 0.6 is 0 Å². The molecule has 0 saturated heterocycles. The fourth-order valence-corrected chi connectivity index (χ4v) is 9.77. The van der Waals surface area contributed by atoms with E-state index in [0.717, 1.165) is 22.4 Å². The van der Waals surface area contributed by atoms with E-state index >= 15 is 0 Å². The smallest absolute Gasteiger partial charge is 0.127 e. The first-order valence-corrected chi connectivity index (χ1v) is 19.9. The summed E-state index contributed by atoms with van der Waals surface area (Å²) in [6.45, 7) is 4.69. The normalized spacial score (nSPS) is 14.6. The Labute approximate surface area is 313 Å². The number of fused-ring (bicyclic) bond motifs is 6. The van der Waals surface area contributed by atoms with Crippen molar-refractivity contribution in [2.75, 3.05) is 0 Å². The molecule has 4 nitrogen and oxygen atoms in total. The van der Waals surface area contributed by atoms with Crippen LogP contribution in [0.3, 0.4) is 0 Å². The van der Waals surface area contributed by atoms with Gasteiger partial charge in [0.25, 0.3) is 0 Å². The number of nitrogens with zero attached hydrogens (tertiary/aromatic N) is 2. The van der Waals surface area contributed by atoms with Crippen molar-refractivity contribution in [3.63, 3.8) is 0 Å². The SMILES string of the molecule is CC1(C)c2ccccc2-c2cc3c4ccccc4n(-c4cccc(/C=N/C(NC(N)c5cccc([SiH2]c6ccccc6)c5)c5ccccc5)c4)c3cc21. The Morgan fingerprint density at radius 3 is 2.15 bits per heavy atom. The van der Waals surface area contributed by atoms with E-state index in [0.29, 0.717) is 0 Å². The standard InChI is InChI=1S/C48H42N4Si/c1-48(2)42-25-11-9-23-38(42)40-29-41-39-24-10-12-26-44(39)52(45(41)30-43(40)48)35-19-13-15-32(27-35)31-50-47(33-16-5-3-6-17-33)51-46(49)34-18-14-22-37(28-34)53-36-20-7-4-8-21-36/h3-31,46-47,51H,49,53H2,1-2H3/b50-31+. The maximum atomic E-state index is 6.87. The lowest BCUT2D eigenvalue weighted by molar-refractivity contribution is 0.467. The highest BCUT2D eigenvalue weighted by molar-refractivity contribution is 6.67. The zero-order valence-corrected chi connectivity index (χ0v) is 31.5. The number of nitrogens with one attached hydrogen (secondary N) is 1. The van der Waals surface area contributed by atoms with E-state index in [-0.39, 0.29) is 17.7 Å². The van der Waals surface area contributed by atoms with Crippen LogP contribution in [0.25, 0.3) is 38.6 Å². The molecule has 1 aromatic heterocycles. The van der Waals surface area contributed by atoms with Gasteiger partial charge in [-0.1, -0.05) is 164 Å². The van der Waals surface area contributed by atoms with Crippen LogP contribution in [0.1, 0.15) is 54.0 Å². The highest BCUT2D eigenvalue weighted by atomic mass is 28.2. The molecular weight excluding hydrogens is 661 g/mol. The minimum Gasteiger partial charge on any atom is -0.312 e. The van der Waals surface area contributed by atoms with Crippen LogP contribution < -0.4 is 21.4 Å². The lowest BCUT2D eigenvalue weighted by Gasteiger charge is -2.22. The van der Waals surface area contributed by atoms with E-state index in [1.165, 1.54) is 54.4 Å². The number of aliphatic imine (C=N–C) groups is 1. The molecule has 3 N–H and O–H groups in total. The van der Waals surface area contributed by atoms with Crippen LogP contribution in [-0.2, 0) is 5.41 Å². The van der Waals surface area contributed by atoms with Crippen molar-refractivity contribution in [3.8, 4) is 16.8 Å². The third-order valence-electron chi connectivity index (χ3n) is 10.9. The molecule has 1 aliphatic rings. The third-order valence-corrected chi connectivity index (χ3v) is 12.6. The van der Waals surface area contributed by atoms with E-state index in [4.69, 9.17) is 10.7 Å². The second kappa shape index (κ2) is 13.6. The van der Waals surface area contributed by atoms with E-state index in [1.54, 1.807) is 0 Å². The lowest BCUT2D eigenvalue weighted by Crippen LogP contribution is -2.33. The molecule has 0 bridgehead atoms. The van der Waals surface area contributed by atoms with Crippen LogP contribution in [0, 0.1) is 0 Å². The summed E-state index contributed by atoms with van der Waals surface area (Å²) >= 11 is 0. The number of rotatable bonds is 9. The summed E-state index contributed by atoms with van der Waals surface area (Å²) in [5.41, 5.74) is 18.9. The van der Waals surface area contributed by atoms with Gasteiger partial charge in [-0.15, -0.1) is 0 Å². The molecule has 2 unspecified atom stereocenters. The Bertz CT molecular complexity index is 2620. The van der Waals surface area contributed by atoms with E-state index in [2.05, 4.69) is 188 Å². The Kier molecular flexibility index (Phi) is 8.47. The quantitative estimate of drug-likeness (QED) is 0.0900. The van der Waals surface area contributed by atoms with Crippen molar-refractivity contribution in [2.24, 2.45) is 10.7 Å². The zero-order chi connectivity index (χ0) is 35.9. The van der Waals surface area contributed by atoms with Gasteiger partial charge in [0, 0.05) is 28.1 Å². The van der Waals surface area contributed by atoms with Crippen molar-refractivity contribution < 1.29 is 0 Å². The Balaban J connectivity index is 1.06. The van der Waals surface area contributed by atoms with E-state index in [9.17, 15) is 0 Å². The third kappa shape index (κ3) is 6.13. The van der Waals surface area contributed by atoms with Crippen LogP contribution in [0.15, 0.2) is 175 Å². The van der Waals surface area contributed by atoms with Crippen LogP contribution in [-0.4, -0.2) is 20.3 Å². The maximum absolute atomic E-state index is 6.87. The van der Waals surface area contributed by atoms with Crippen molar-refractivity contribution in [3.05, 3.63) is 198 Å². The Hall–Kier alpha value is -5.85. The molecule has 0 amide bonds. The Morgan fingerprint density at radius 2 is 1.30 bits per heavy atom. The number of benzene rings is 7. The molecule has 258 valence electrons. The average molecular weight is 703 g/mol. The first-order chi connectivity index (χ1) is 25.9. The van der Waals surface area contributed by atoms with Crippen molar-refractivity contribution in [2.45, 2.75) is 31.6 Å². The monoisotopic (exact) mass is 702 g/mol. The highest BCUT2D eigenvalue weighted by Gasteiger charge is 2.36. The molecule has 0 aliphatic heterocycles. The second-order valence-electron chi connectivity index (χ2n) is 14.7. The van der Waals surface area contributed by atoms with Gasteiger partial charge in [-0.3, -0.25) is 10.3 Å². The first kappa shape index (κ1) is 33.0. The summed E-state index contributed by atoms with van der Waals surface area (Å²) in [5.74, 6) is 0. The molecule has 7 aromatic carbocycles. The summed E-state index contributed by atoms with van der Waals surface area (Å²) in [5, 5.41) is 8.93. The summed E-state index contributed by atoms with van der Waals surface area (Å²) in [6.07, 6.45) is 1.26. The van der Waals surface area contributed by atoms with Gasteiger partial charge in [0.15, 0.2) is 0 Å². The highest BCUT2D eigenvalue weighted by Crippen LogP contribution is 2.50. The zero-order valence-electron chi connectivity index (χ0n) is 30.1. The number of nitrogens with two attached hydrogens (primary N) is 1. The molecule has 2 atom stereocenters. The molecule has 8 aromatic rings. The molecule has 53 heavy (non-hydrogen) atoms. The fourth-order valence-electron chi connectivity index (χ4n) is 8.20. The molecule has 0 fully saturated rings. The van der Waals surface area contributed by atoms with Crippen LogP contribution in [0.5, 0.6) is 0 Å². The average Bonchev–Trinajstić information content (AvgIpc) is 3.64. The van der Waals surface area contributed by atoms with Gasteiger partial charge in [0.2, 0.25) is 0 Å². The molecule has 9 rings (SSSR count). The van der Waals surface area contributed by atoms with E-state index < -0.39 is 9.52 Å². The van der Waals surface area contributed by atoms with Crippen molar-refractivity contribution in [1.82, 2.24) is 9.88 Å². The van der Waals surface area contributed by atoms with Crippen LogP contribution in [0.4, 0.5) is 0 Å². The molecule has 1 aliphatic carbocycles. The summed E-state index contributed by atoms with van der Waals surface area (Å²) < 4.78 is 2.41.